The number of carbonyl (C=O) groups is 1. The van der Waals surface area contributed by atoms with Gasteiger partial charge in [0.1, 0.15) is 0 Å². The molecule has 1 aromatic heterocycles. The number of amides is 1. The number of benzene rings is 1. The van der Waals surface area contributed by atoms with Gasteiger partial charge in [-0.05, 0) is 48.7 Å². The van der Waals surface area contributed by atoms with Gasteiger partial charge in [0.05, 0.1) is 11.4 Å². The molecule has 2 aromatic rings. The van der Waals surface area contributed by atoms with E-state index in [2.05, 4.69) is 9.71 Å². The van der Waals surface area contributed by atoms with E-state index in [0.29, 0.717) is 13.0 Å². The molecule has 0 saturated carbocycles. The number of hydrogen-bond acceptors (Lipinski definition) is 4. The molecule has 0 unspecified atom stereocenters. The number of pyridine rings is 1. The number of nitrogens with one attached hydrogen (secondary N) is 1. The summed E-state index contributed by atoms with van der Waals surface area (Å²) in [5.74, 6) is -0.278. The van der Waals surface area contributed by atoms with Crippen molar-refractivity contribution < 1.29 is 13.2 Å². The average Bonchev–Trinajstić information content (AvgIpc) is 2.58. The van der Waals surface area contributed by atoms with Gasteiger partial charge in [0.15, 0.2) is 0 Å². The molecule has 0 spiro atoms. The van der Waals surface area contributed by atoms with Crippen molar-refractivity contribution in [2.75, 3.05) is 20.1 Å². The van der Waals surface area contributed by atoms with Gasteiger partial charge in [-0.25, -0.2) is 13.1 Å². The maximum atomic E-state index is 12.2. The zero-order valence-electron chi connectivity index (χ0n) is 13.8. The fourth-order valence-electron chi connectivity index (χ4n) is 2.13. The van der Waals surface area contributed by atoms with E-state index in [1.54, 1.807) is 31.6 Å². The lowest BCUT2D eigenvalue weighted by Gasteiger charge is -2.17. The van der Waals surface area contributed by atoms with E-state index in [1.807, 2.05) is 25.1 Å². The minimum Gasteiger partial charge on any atom is -0.344 e. The summed E-state index contributed by atoms with van der Waals surface area (Å²) in [6.07, 6.45) is 4.09. The van der Waals surface area contributed by atoms with Gasteiger partial charge in [0.2, 0.25) is 15.9 Å². The van der Waals surface area contributed by atoms with Gasteiger partial charge < -0.3 is 4.90 Å². The summed E-state index contributed by atoms with van der Waals surface area (Å²) < 4.78 is 26.8. The largest absolute Gasteiger partial charge is 0.344 e. The molecule has 0 saturated heterocycles. The van der Waals surface area contributed by atoms with E-state index < -0.39 is 10.0 Å². The molecule has 2 rings (SSSR count). The van der Waals surface area contributed by atoms with Crippen LogP contribution >= 0.6 is 0 Å². The van der Waals surface area contributed by atoms with Crippen LogP contribution in [0.25, 0.3) is 0 Å². The Balaban J connectivity index is 1.87. The Labute approximate surface area is 142 Å². The maximum Gasteiger partial charge on any atom is 0.241 e. The highest BCUT2D eigenvalue weighted by molar-refractivity contribution is 7.89. The lowest BCUT2D eigenvalue weighted by Crippen LogP contribution is -2.38. The van der Waals surface area contributed by atoms with Crippen LogP contribution in [-0.4, -0.2) is 44.3 Å². The summed E-state index contributed by atoms with van der Waals surface area (Å²) in [7, 11) is -2.03. The van der Waals surface area contributed by atoms with Crippen LogP contribution in [0.2, 0.25) is 0 Å². The molecular formula is C17H21N3O3S. The van der Waals surface area contributed by atoms with Crippen molar-refractivity contribution in [3.63, 3.8) is 0 Å². The highest BCUT2D eigenvalue weighted by atomic mass is 32.2. The predicted molar refractivity (Wildman–Crippen MR) is 91.9 cm³/mol. The van der Waals surface area contributed by atoms with Crippen molar-refractivity contribution in [2.45, 2.75) is 18.2 Å². The Morgan fingerprint density at radius 2 is 1.92 bits per heavy atom. The van der Waals surface area contributed by atoms with Crippen LogP contribution in [0.3, 0.4) is 0 Å². The molecule has 0 radical (unpaired) electrons. The first kappa shape index (κ1) is 18.1. The average molecular weight is 347 g/mol. The SMILES string of the molecule is Cc1cccc(S(=O)(=O)NCC(=O)N(C)CCc2ccncc2)c1. The molecule has 0 bridgehead atoms. The van der Waals surface area contributed by atoms with E-state index >= 15 is 0 Å². The van der Waals surface area contributed by atoms with Gasteiger partial charge >= 0.3 is 0 Å². The van der Waals surface area contributed by atoms with Crippen LogP contribution in [0.5, 0.6) is 0 Å². The van der Waals surface area contributed by atoms with Crippen molar-refractivity contribution in [3.05, 3.63) is 59.9 Å². The molecule has 1 N–H and O–H groups in total. The third kappa shape index (κ3) is 5.14. The molecule has 0 aliphatic heterocycles. The number of carbonyl (C=O) groups excluding carboxylic acids is 1. The first-order valence-corrected chi connectivity index (χ1v) is 9.06. The molecule has 0 aliphatic rings. The van der Waals surface area contributed by atoms with Crippen LogP contribution in [0.4, 0.5) is 0 Å². The second kappa shape index (κ2) is 8.03. The molecular weight excluding hydrogens is 326 g/mol. The number of aryl methyl sites for hydroxylation is 1. The number of likely N-dealkylation sites (N-methyl/N-ethyl adjacent to an activating group) is 1. The standard InChI is InChI=1S/C17H21N3O3S/c1-14-4-3-5-16(12-14)24(22,23)19-13-17(21)20(2)11-8-15-6-9-18-10-7-15/h3-7,9-10,12,19H,8,11,13H2,1-2H3. The number of nitrogens with zero attached hydrogens (tertiary/aromatic N) is 2. The molecule has 24 heavy (non-hydrogen) atoms. The summed E-state index contributed by atoms with van der Waals surface area (Å²) in [5.41, 5.74) is 1.92. The Morgan fingerprint density at radius 1 is 1.21 bits per heavy atom. The Bertz CT molecular complexity index is 792. The third-order valence-electron chi connectivity index (χ3n) is 3.62. The topological polar surface area (TPSA) is 79.4 Å². The van der Waals surface area contributed by atoms with Crippen LogP contribution in [0.15, 0.2) is 53.7 Å². The number of hydrogen-bond donors (Lipinski definition) is 1. The van der Waals surface area contributed by atoms with Crippen LogP contribution in [0.1, 0.15) is 11.1 Å². The molecule has 1 amide bonds. The van der Waals surface area contributed by atoms with Crippen LogP contribution in [0, 0.1) is 6.92 Å². The van der Waals surface area contributed by atoms with Gasteiger partial charge in [-0.3, -0.25) is 9.78 Å². The highest BCUT2D eigenvalue weighted by Crippen LogP contribution is 2.10. The fourth-order valence-corrected chi connectivity index (χ4v) is 3.21. The predicted octanol–water partition coefficient (Wildman–Crippen LogP) is 1.37. The van der Waals surface area contributed by atoms with E-state index in [9.17, 15) is 13.2 Å². The van der Waals surface area contributed by atoms with Gasteiger partial charge in [0, 0.05) is 26.0 Å². The molecule has 0 fully saturated rings. The maximum absolute atomic E-state index is 12.2. The Kier molecular flexibility index (Phi) is 6.05. The quantitative estimate of drug-likeness (QED) is 0.820. The minimum atomic E-state index is -3.68. The third-order valence-corrected chi connectivity index (χ3v) is 5.02. The Hall–Kier alpha value is -2.25. The van der Waals surface area contributed by atoms with Gasteiger partial charge in [-0.1, -0.05) is 12.1 Å². The Morgan fingerprint density at radius 3 is 2.58 bits per heavy atom. The van der Waals surface area contributed by atoms with Crippen LogP contribution in [-0.2, 0) is 21.2 Å². The monoisotopic (exact) mass is 347 g/mol. The van der Waals surface area contributed by atoms with Gasteiger partial charge in [0.25, 0.3) is 0 Å². The van der Waals surface area contributed by atoms with E-state index in [-0.39, 0.29) is 17.3 Å². The van der Waals surface area contributed by atoms with Crippen molar-refractivity contribution >= 4 is 15.9 Å². The second-order valence-electron chi connectivity index (χ2n) is 5.56. The smallest absolute Gasteiger partial charge is 0.241 e. The van der Waals surface area contributed by atoms with E-state index in [1.165, 1.54) is 11.0 Å². The van der Waals surface area contributed by atoms with E-state index in [4.69, 9.17) is 0 Å². The van der Waals surface area contributed by atoms with Crippen LogP contribution < -0.4 is 4.72 Å². The fraction of sp³-hybridized carbons (Fsp3) is 0.294. The molecule has 0 atom stereocenters. The summed E-state index contributed by atoms with van der Waals surface area (Å²) in [6.45, 7) is 2.06. The first-order valence-electron chi connectivity index (χ1n) is 7.58. The van der Waals surface area contributed by atoms with Gasteiger partial charge in [-0.15, -0.1) is 0 Å². The summed E-state index contributed by atoms with van der Waals surface area (Å²) in [5, 5.41) is 0. The minimum absolute atomic E-state index is 0.162. The molecule has 6 nitrogen and oxygen atoms in total. The summed E-state index contributed by atoms with van der Waals surface area (Å²) in [6, 6.07) is 10.3. The van der Waals surface area contributed by atoms with Gasteiger partial charge in [-0.2, -0.15) is 0 Å². The molecule has 0 aliphatic carbocycles. The normalized spacial score (nSPS) is 11.2. The number of rotatable bonds is 7. The highest BCUT2D eigenvalue weighted by Gasteiger charge is 2.17. The lowest BCUT2D eigenvalue weighted by atomic mass is 10.2. The number of sulfonamides is 1. The number of aromatic nitrogens is 1. The summed E-state index contributed by atoms with van der Waals surface area (Å²) >= 11 is 0. The molecule has 1 heterocycles. The molecule has 128 valence electrons. The molecule has 7 heteroatoms. The van der Waals surface area contributed by atoms with E-state index in [0.717, 1.165) is 11.1 Å². The van der Waals surface area contributed by atoms with Crippen molar-refractivity contribution in [1.82, 2.24) is 14.6 Å². The zero-order valence-corrected chi connectivity index (χ0v) is 14.6. The lowest BCUT2D eigenvalue weighted by molar-refractivity contribution is -0.128. The zero-order chi connectivity index (χ0) is 17.6. The van der Waals surface area contributed by atoms with Crippen molar-refractivity contribution in [3.8, 4) is 0 Å². The van der Waals surface area contributed by atoms with Crippen molar-refractivity contribution in [1.29, 1.82) is 0 Å². The molecule has 1 aromatic carbocycles. The first-order chi connectivity index (χ1) is 11.4. The summed E-state index contributed by atoms with van der Waals surface area (Å²) in [4.78, 5) is 17.7. The second-order valence-corrected chi connectivity index (χ2v) is 7.33. The van der Waals surface area contributed by atoms with Crippen molar-refractivity contribution in [2.24, 2.45) is 0 Å².